The van der Waals surface area contributed by atoms with Crippen molar-refractivity contribution in [3.63, 3.8) is 0 Å². The van der Waals surface area contributed by atoms with Crippen LogP contribution in [0.2, 0.25) is 0 Å². The normalized spacial score (nSPS) is 15.3. The van der Waals surface area contributed by atoms with Gasteiger partial charge in [-0.3, -0.25) is 19.3 Å². The van der Waals surface area contributed by atoms with Crippen LogP contribution in [0.25, 0.3) is 11.0 Å². The van der Waals surface area contributed by atoms with E-state index in [1.165, 1.54) is 6.20 Å². The van der Waals surface area contributed by atoms with Gasteiger partial charge in [0.15, 0.2) is 5.65 Å². The second kappa shape index (κ2) is 6.82. The monoisotopic (exact) mass is 367 g/mol. The third kappa shape index (κ3) is 3.40. The topological polar surface area (TPSA) is 109 Å². The Kier molecular flexibility index (Phi) is 4.35. The standard InChI is InChI=1S/C18H21N7O2/c1-11-4-3-5-14(20-11)21-16(26)12-6-8-25(9-7-12)18-22-15-13(17(27)23-18)10-19-24(15)2/h3-5,10,12H,6-9H2,1-2H3,(H,20,21,26)(H,22,23,27). The number of aromatic nitrogens is 5. The summed E-state index contributed by atoms with van der Waals surface area (Å²) >= 11 is 0. The number of fused-ring (bicyclic) bond motifs is 1. The number of pyridine rings is 1. The molecule has 4 heterocycles. The zero-order chi connectivity index (χ0) is 19.0. The largest absolute Gasteiger partial charge is 0.342 e. The van der Waals surface area contributed by atoms with Gasteiger partial charge in [-0.25, -0.2) is 4.98 Å². The number of amides is 1. The minimum absolute atomic E-state index is 0.0173. The maximum Gasteiger partial charge on any atom is 0.263 e. The summed E-state index contributed by atoms with van der Waals surface area (Å²) in [6.07, 6.45) is 2.89. The molecule has 3 aromatic rings. The molecule has 1 fully saturated rings. The maximum absolute atomic E-state index is 12.5. The molecule has 4 rings (SSSR count). The number of carbonyl (C=O) groups is 1. The molecule has 2 N–H and O–H groups in total. The van der Waals surface area contributed by atoms with Gasteiger partial charge in [-0.2, -0.15) is 10.1 Å². The minimum Gasteiger partial charge on any atom is -0.342 e. The molecule has 27 heavy (non-hydrogen) atoms. The first-order valence-corrected chi connectivity index (χ1v) is 8.93. The highest BCUT2D eigenvalue weighted by atomic mass is 16.2. The molecule has 0 unspecified atom stereocenters. The van der Waals surface area contributed by atoms with Crippen LogP contribution in [0.1, 0.15) is 18.5 Å². The quantitative estimate of drug-likeness (QED) is 0.720. The van der Waals surface area contributed by atoms with Gasteiger partial charge in [0.2, 0.25) is 11.9 Å². The molecule has 140 valence electrons. The van der Waals surface area contributed by atoms with Gasteiger partial charge in [0.25, 0.3) is 5.56 Å². The number of piperidine rings is 1. The lowest BCUT2D eigenvalue weighted by Crippen LogP contribution is -2.39. The van der Waals surface area contributed by atoms with Gasteiger partial charge in [0, 0.05) is 31.7 Å². The number of hydrogen-bond acceptors (Lipinski definition) is 6. The number of hydrogen-bond donors (Lipinski definition) is 2. The van der Waals surface area contributed by atoms with Crippen LogP contribution in [-0.2, 0) is 11.8 Å². The van der Waals surface area contributed by atoms with Crippen molar-refractivity contribution in [3.8, 4) is 0 Å². The lowest BCUT2D eigenvalue weighted by Gasteiger charge is -2.31. The summed E-state index contributed by atoms with van der Waals surface area (Å²) in [6, 6.07) is 5.55. The predicted octanol–water partition coefficient (Wildman–Crippen LogP) is 1.22. The van der Waals surface area contributed by atoms with Crippen LogP contribution in [0.5, 0.6) is 0 Å². The Morgan fingerprint density at radius 2 is 2.04 bits per heavy atom. The van der Waals surface area contributed by atoms with Gasteiger partial charge >= 0.3 is 0 Å². The van der Waals surface area contributed by atoms with Crippen LogP contribution < -0.4 is 15.8 Å². The zero-order valence-electron chi connectivity index (χ0n) is 15.3. The third-order valence-corrected chi connectivity index (χ3v) is 4.89. The smallest absolute Gasteiger partial charge is 0.263 e. The fourth-order valence-electron chi connectivity index (χ4n) is 3.37. The van der Waals surface area contributed by atoms with Crippen LogP contribution in [-0.4, -0.2) is 43.7 Å². The van der Waals surface area contributed by atoms with Gasteiger partial charge in [0.1, 0.15) is 11.2 Å². The zero-order valence-corrected chi connectivity index (χ0v) is 15.3. The van der Waals surface area contributed by atoms with Crippen molar-refractivity contribution in [1.82, 2.24) is 24.7 Å². The number of H-pyrrole nitrogens is 1. The Hall–Kier alpha value is -3.23. The average Bonchev–Trinajstić information content (AvgIpc) is 3.03. The van der Waals surface area contributed by atoms with Crippen LogP contribution in [0.15, 0.2) is 29.2 Å². The molecule has 1 aliphatic heterocycles. The number of rotatable bonds is 3. The molecule has 1 aliphatic rings. The van der Waals surface area contributed by atoms with Crippen LogP contribution >= 0.6 is 0 Å². The van der Waals surface area contributed by atoms with E-state index in [1.807, 2.05) is 24.0 Å². The van der Waals surface area contributed by atoms with E-state index in [1.54, 1.807) is 17.8 Å². The van der Waals surface area contributed by atoms with Gasteiger partial charge in [-0.15, -0.1) is 0 Å². The summed E-state index contributed by atoms with van der Waals surface area (Å²) in [5.41, 5.74) is 1.22. The Balaban J connectivity index is 1.43. The van der Waals surface area contributed by atoms with E-state index in [4.69, 9.17) is 0 Å². The number of anilines is 2. The first kappa shape index (κ1) is 17.2. The van der Waals surface area contributed by atoms with Crippen LogP contribution in [0, 0.1) is 12.8 Å². The molecule has 3 aromatic heterocycles. The number of carbonyl (C=O) groups excluding carboxylic acids is 1. The van der Waals surface area contributed by atoms with Gasteiger partial charge in [0.05, 0.1) is 6.20 Å². The predicted molar refractivity (Wildman–Crippen MR) is 102 cm³/mol. The van der Waals surface area contributed by atoms with E-state index in [0.29, 0.717) is 48.7 Å². The van der Waals surface area contributed by atoms with E-state index in [-0.39, 0.29) is 17.4 Å². The highest BCUT2D eigenvalue weighted by Gasteiger charge is 2.26. The highest BCUT2D eigenvalue weighted by molar-refractivity contribution is 5.91. The van der Waals surface area contributed by atoms with Gasteiger partial charge in [-0.05, 0) is 31.9 Å². The van der Waals surface area contributed by atoms with Crippen molar-refractivity contribution in [1.29, 1.82) is 0 Å². The molecule has 0 radical (unpaired) electrons. The van der Waals surface area contributed by atoms with E-state index >= 15 is 0 Å². The Labute approximate surface area is 155 Å². The molecular weight excluding hydrogens is 346 g/mol. The van der Waals surface area contributed by atoms with Crippen molar-refractivity contribution in [2.24, 2.45) is 13.0 Å². The summed E-state index contributed by atoms with van der Waals surface area (Å²) < 4.78 is 1.59. The average molecular weight is 367 g/mol. The Morgan fingerprint density at radius 1 is 1.26 bits per heavy atom. The molecule has 0 aliphatic carbocycles. The first-order valence-electron chi connectivity index (χ1n) is 8.93. The maximum atomic E-state index is 12.5. The van der Waals surface area contributed by atoms with Crippen molar-refractivity contribution >= 4 is 28.7 Å². The SMILES string of the molecule is Cc1cccc(NC(=O)C2CCN(c3nc4c(cnn4C)c(=O)[nH]3)CC2)n1. The Bertz CT molecular complexity index is 1050. The lowest BCUT2D eigenvalue weighted by atomic mass is 9.96. The van der Waals surface area contributed by atoms with E-state index in [2.05, 4.69) is 25.4 Å². The third-order valence-electron chi connectivity index (χ3n) is 4.89. The summed E-state index contributed by atoms with van der Waals surface area (Å²) in [4.78, 5) is 38.4. The molecule has 0 atom stereocenters. The summed E-state index contributed by atoms with van der Waals surface area (Å²) in [7, 11) is 1.76. The number of aromatic amines is 1. The molecule has 1 amide bonds. The van der Waals surface area contributed by atoms with Crippen LogP contribution in [0.3, 0.4) is 0 Å². The van der Waals surface area contributed by atoms with Crippen molar-refractivity contribution < 1.29 is 4.79 Å². The molecule has 1 saturated heterocycles. The van der Waals surface area contributed by atoms with Gasteiger partial charge < -0.3 is 10.2 Å². The van der Waals surface area contributed by atoms with Crippen molar-refractivity contribution in [2.75, 3.05) is 23.3 Å². The van der Waals surface area contributed by atoms with E-state index in [0.717, 1.165) is 5.69 Å². The summed E-state index contributed by atoms with van der Waals surface area (Å²) in [5.74, 6) is 0.998. The van der Waals surface area contributed by atoms with Crippen molar-refractivity contribution in [2.45, 2.75) is 19.8 Å². The fourth-order valence-corrected chi connectivity index (χ4v) is 3.37. The molecule has 0 spiro atoms. The van der Waals surface area contributed by atoms with E-state index in [9.17, 15) is 9.59 Å². The fraction of sp³-hybridized carbons (Fsp3) is 0.389. The summed E-state index contributed by atoms with van der Waals surface area (Å²) in [5, 5.41) is 7.44. The molecule has 9 nitrogen and oxygen atoms in total. The lowest BCUT2D eigenvalue weighted by molar-refractivity contribution is -0.120. The Morgan fingerprint density at radius 3 is 2.78 bits per heavy atom. The van der Waals surface area contributed by atoms with Gasteiger partial charge in [-0.1, -0.05) is 6.07 Å². The number of nitrogens with one attached hydrogen (secondary N) is 2. The number of nitrogens with zero attached hydrogens (tertiary/aromatic N) is 5. The first-order chi connectivity index (χ1) is 13.0. The second-order valence-electron chi connectivity index (χ2n) is 6.81. The minimum atomic E-state index is -0.200. The molecule has 9 heteroatoms. The highest BCUT2D eigenvalue weighted by Crippen LogP contribution is 2.22. The number of aryl methyl sites for hydroxylation is 2. The van der Waals surface area contributed by atoms with Crippen LogP contribution in [0.4, 0.5) is 11.8 Å². The van der Waals surface area contributed by atoms with E-state index < -0.39 is 0 Å². The van der Waals surface area contributed by atoms with Crippen molar-refractivity contribution in [3.05, 3.63) is 40.4 Å². The molecule has 0 bridgehead atoms. The molecule has 0 aromatic carbocycles. The molecular formula is C18H21N7O2. The summed E-state index contributed by atoms with van der Waals surface area (Å²) in [6.45, 7) is 3.18. The molecule has 0 saturated carbocycles. The second-order valence-corrected chi connectivity index (χ2v) is 6.81.